The molecular weight excluding hydrogens is 290 g/mol. The number of aryl methyl sites for hydroxylation is 1. The van der Waals surface area contributed by atoms with E-state index in [-0.39, 0.29) is 0 Å². The summed E-state index contributed by atoms with van der Waals surface area (Å²) in [4.78, 5) is 22.9. The van der Waals surface area contributed by atoms with Crippen LogP contribution in [0.2, 0.25) is 0 Å². The van der Waals surface area contributed by atoms with Crippen molar-refractivity contribution in [1.82, 2.24) is 5.32 Å². The van der Waals surface area contributed by atoms with Gasteiger partial charge >= 0.3 is 12.0 Å². The number of anilines is 1. The molecule has 6 nitrogen and oxygen atoms in total. The fourth-order valence-corrected chi connectivity index (χ4v) is 2.20. The molecule has 0 saturated carbocycles. The Labute approximate surface area is 127 Å². The van der Waals surface area contributed by atoms with E-state index < -0.39 is 18.0 Å². The number of thioether (sulfide) groups is 1. The van der Waals surface area contributed by atoms with Crippen LogP contribution < -0.4 is 10.6 Å². The minimum atomic E-state index is -1.08. The van der Waals surface area contributed by atoms with Crippen LogP contribution in [0, 0.1) is 18.3 Å². The van der Waals surface area contributed by atoms with Crippen molar-refractivity contribution in [2.24, 2.45) is 0 Å². The van der Waals surface area contributed by atoms with Crippen molar-refractivity contribution < 1.29 is 14.7 Å². The lowest BCUT2D eigenvalue weighted by Crippen LogP contribution is -2.43. The van der Waals surface area contributed by atoms with Crippen LogP contribution in [0.1, 0.15) is 17.5 Å². The second kappa shape index (κ2) is 8.17. The van der Waals surface area contributed by atoms with Gasteiger partial charge in [-0.2, -0.15) is 17.0 Å². The molecule has 0 aliphatic rings. The van der Waals surface area contributed by atoms with Gasteiger partial charge in [0.1, 0.15) is 12.1 Å². The SMILES string of the molecule is CSCC[C@@H](NC(=O)Nc1cccc(C)c1C#N)C(=O)O. The number of carboxylic acids is 1. The van der Waals surface area contributed by atoms with Gasteiger partial charge in [-0.25, -0.2) is 9.59 Å². The van der Waals surface area contributed by atoms with Gasteiger partial charge < -0.3 is 15.7 Å². The standard InChI is InChI=1S/C14H17N3O3S/c1-9-4-3-5-11(10(9)8-15)16-14(20)17-12(13(18)19)6-7-21-2/h3-5,12H,6-7H2,1-2H3,(H,18,19)(H2,16,17,20)/t12-/m1/s1. The summed E-state index contributed by atoms with van der Waals surface area (Å²) in [6.45, 7) is 1.76. The molecule has 1 aromatic rings. The number of urea groups is 1. The van der Waals surface area contributed by atoms with Crippen molar-refractivity contribution in [2.75, 3.05) is 17.3 Å². The van der Waals surface area contributed by atoms with E-state index in [1.54, 1.807) is 25.1 Å². The predicted molar refractivity (Wildman–Crippen MR) is 82.5 cm³/mol. The Balaban J connectivity index is 2.75. The van der Waals surface area contributed by atoms with Gasteiger partial charge in [0.15, 0.2) is 0 Å². The van der Waals surface area contributed by atoms with Gasteiger partial charge in [-0.15, -0.1) is 0 Å². The van der Waals surface area contributed by atoms with E-state index in [1.165, 1.54) is 11.8 Å². The van der Waals surface area contributed by atoms with Gasteiger partial charge in [-0.05, 0) is 37.0 Å². The average Bonchev–Trinajstić information content (AvgIpc) is 2.43. The zero-order valence-corrected chi connectivity index (χ0v) is 12.7. The number of carbonyl (C=O) groups is 2. The predicted octanol–water partition coefficient (Wildman–Crippen LogP) is 2.19. The Morgan fingerprint density at radius 3 is 2.76 bits per heavy atom. The highest BCUT2D eigenvalue weighted by Gasteiger charge is 2.19. The summed E-state index contributed by atoms with van der Waals surface area (Å²) in [6.07, 6.45) is 2.20. The zero-order chi connectivity index (χ0) is 15.8. The van der Waals surface area contributed by atoms with Crippen molar-refractivity contribution in [2.45, 2.75) is 19.4 Å². The van der Waals surface area contributed by atoms with E-state index in [2.05, 4.69) is 10.6 Å². The molecule has 0 aromatic heterocycles. The maximum Gasteiger partial charge on any atom is 0.326 e. The second-order valence-corrected chi connectivity index (χ2v) is 5.37. The zero-order valence-electron chi connectivity index (χ0n) is 11.8. The number of hydrogen-bond acceptors (Lipinski definition) is 4. The first-order chi connectivity index (χ1) is 9.99. The quantitative estimate of drug-likeness (QED) is 0.747. The van der Waals surface area contributed by atoms with Crippen LogP contribution in [0.5, 0.6) is 0 Å². The van der Waals surface area contributed by atoms with Gasteiger partial charge in [0.2, 0.25) is 0 Å². The lowest BCUT2D eigenvalue weighted by molar-refractivity contribution is -0.139. The Hall–Kier alpha value is -2.20. The van der Waals surface area contributed by atoms with E-state index in [9.17, 15) is 9.59 Å². The maximum atomic E-state index is 11.9. The summed E-state index contributed by atoms with van der Waals surface area (Å²) in [5.41, 5.74) is 1.47. The number of carboxylic acid groups (broad SMARTS) is 1. The molecule has 0 spiro atoms. The van der Waals surface area contributed by atoms with Crippen molar-refractivity contribution in [3.63, 3.8) is 0 Å². The molecule has 2 amide bonds. The number of hydrogen-bond donors (Lipinski definition) is 3. The topological polar surface area (TPSA) is 102 Å². The summed E-state index contributed by atoms with van der Waals surface area (Å²) in [5, 5.41) is 23.1. The molecule has 21 heavy (non-hydrogen) atoms. The number of benzene rings is 1. The molecule has 0 heterocycles. The monoisotopic (exact) mass is 307 g/mol. The molecule has 7 heteroatoms. The molecule has 0 aliphatic carbocycles. The molecule has 3 N–H and O–H groups in total. The second-order valence-electron chi connectivity index (χ2n) is 4.38. The number of nitriles is 1. The number of aliphatic carboxylic acids is 1. The Morgan fingerprint density at radius 2 is 2.19 bits per heavy atom. The van der Waals surface area contributed by atoms with Crippen molar-refractivity contribution in [3.05, 3.63) is 29.3 Å². The highest BCUT2D eigenvalue weighted by molar-refractivity contribution is 7.98. The highest BCUT2D eigenvalue weighted by atomic mass is 32.2. The van der Waals surface area contributed by atoms with E-state index in [0.29, 0.717) is 23.4 Å². The van der Waals surface area contributed by atoms with E-state index in [4.69, 9.17) is 10.4 Å². The first-order valence-electron chi connectivity index (χ1n) is 6.28. The van der Waals surface area contributed by atoms with E-state index in [0.717, 1.165) is 5.56 Å². The van der Waals surface area contributed by atoms with Crippen molar-refractivity contribution in [3.8, 4) is 6.07 Å². The smallest absolute Gasteiger partial charge is 0.326 e. The number of rotatable bonds is 6. The van der Waals surface area contributed by atoms with E-state index in [1.807, 2.05) is 12.3 Å². The minimum absolute atomic E-state index is 0.336. The van der Waals surface area contributed by atoms with Crippen LogP contribution in [-0.2, 0) is 4.79 Å². The van der Waals surface area contributed by atoms with Gasteiger partial charge in [0, 0.05) is 0 Å². The summed E-state index contributed by atoms with van der Waals surface area (Å²) >= 11 is 1.51. The van der Waals surface area contributed by atoms with Crippen LogP contribution in [0.25, 0.3) is 0 Å². The van der Waals surface area contributed by atoms with E-state index >= 15 is 0 Å². The summed E-state index contributed by atoms with van der Waals surface area (Å²) < 4.78 is 0. The molecule has 0 unspecified atom stereocenters. The lowest BCUT2D eigenvalue weighted by Gasteiger charge is -2.15. The Bertz CT molecular complexity index is 569. The fraction of sp³-hybridized carbons (Fsp3) is 0.357. The number of carbonyl (C=O) groups excluding carboxylic acids is 1. The molecule has 0 aliphatic heterocycles. The van der Waals surface area contributed by atoms with Crippen molar-refractivity contribution >= 4 is 29.4 Å². The van der Waals surface area contributed by atoms with Gasteiger partial charge in [0.25, 0.3) is 0 Å². The Morgan fingerprint density at radius 1 is 1.48 bits per heavy atom. The number of nitrogens with zero attached hydrogens (tertiary/aromatic N) is 1. The number of nitrogens with one attached hydrogen (secondary N) is 2. The maximum absolute atomic E-state index is 11.9. The first kappa shape index (κ1) is 16.9. The number of amides is 2. The molecule has 0 saturated heterocycles. The largest absolute Gasteiger partial charge is 0.480 e. The van der Waals surface area contributed by atoms with Crippen LogP contribution in [-0.4, -0.2) is 35.2 Å². The molecular formula is C14H17N3O3S. The third-order valence-electron chi connectivity index (χ3n) is 2.85. The molecule has 112 valence electrons. The third kappa shape index (κ3) is 5.00. The van der Waals surface area contributed by atoms with Crippen LogP contribution in [0.15, 0.2) is 18.2 Å². The molecule has 0 fully saturated rings. The normalized spacial score (nSPS) is 11.3. The molecule has 0 bridgehead atoms. The van der Waals surface area contributed by atoms with Gasteiger partial charge in [-0.1, -0.05) is 12.1 Å². The summed E-state index contributed by atoms with van der Waals surface area (Å²) in [5.74, 6) is -0.450. The van der Waals surface area contributed by atoms with Gasteiger partial charge in [-0.3, -0.25) is 0 Å². The summed E-state index contributed by atoms with van der Waals surface area (Å²) in [6, 6.07) is 5.51. The third-order valence-corrected chi connectivity index (χ3v) is 3.49. The average molecular weight is 307 g/mol. The van der Waals surface area contributed by atoms with Gasteiger partial charge in [0.05, 0.1) is 11.3 Å². The molecule has 1 rings (SSSR count). The van der Waals surface area contributed by atoms with Crippen LogP contribution in [0.3, 0.4) is 0 Å². The minimum Gasteiger partial charge on any atom is -0.480 e. The lowest BCUT2D eigenvalue weighted by atomic mass is 10.1. The molecule has 1 aromatic carbocycles. The molecule has 0 radical (unpaired) electrons. The molecule has 1 atom stereocenters. The summed E-state index contributed by atoms with van der Waals surface area (Å²) in [7, 11) is 0. The highest BCUT2D eigenvalue weighted by Crippen LogP contribution is 2.18. The fourth-order valence-electron chi connectivity index (χ4n) is 1.73. The van der Waals surface area contributed by atoms with Crippen LogP contribution >= 0.6 is 11.8 Å². The first-order valence-corrected chi connectivity index (χ1v) is 7.68. The Kier molecular flexibility index (Phi) is 6.56. The van der Waals surface area contributed by atoms with Crippen LogP contribution in [0.4, 0.5) is 10.5 Å². The van der Waals surface area contributed by atoms with Crippen molar-refractivity contribution in [1.29, 1.82) is 5.26 Å².